The lowest BCUT2D eigenvalue weighted by molar-refractivity contribution is -0.123. The molecule has 1 amide bonds. The molecule has 5 nitrogen and oxygen atoms in total. The zero-order valence-electron chi connectivity index (χ0n) is 13.7. The highest BCUT2D eigenvalue weighted by atomic mass is 32.1. The van der Waals surface area contributed by atoms with Crippen LogP contribution in [0, 0.1) is 0 Å². The molecule has 0 bridgehead atoms. The number of amides is 1. The first-order chi connectivity index (χ1) is 11.8. The number of rotatable bonds is 6. The van der Waals surface area contributed by atoms with Gasteiger partial charge < -0.3 is 14.8 Å². The van der Waals surface area contributed by atoms with E-state index in [-0.39, 0.29) is 12.0 Å². The standard InChI is InChI=1S/C18H22N2O3S/c1-22-16(17-7-4-10-24-17)11-19-18(21)13-20-8-9-23-15-6-3-2-5-14(15)12-20/h2-7,10,16H,8-9,11-13H2,1H3,(H,19,21). The number of para-hydroxylation sites is 1. The summed E-state index contributed by atoms with van der Waals surface area (Å²) in [6.45, 7) is 2.90. The van der Waals surface area contributed by atoms with E-state index >= 15 is 0 Å². The van der Waals surface area contributed by atoms with Crippen LogP contribution in [0.5, 0.6) is 5.75 Å². The third-order valence-corrected chi connectivity index (χ3v) is 4.99. The Kier molecular flexibility index (Phi) is 5.85. The third-order valence-electron chi connectivity index (χ3n) is 4.03. The van der Waals surface area contributed by atoms with Crippen molar-refractivity contribution >= 4 is 17.2 Å². The van der Waals surface area contributed by atoms with Crippen LogP contribution in [0.3, 0.4) is 0 Å². The fourth-order valence-electron chi connectivity index (χ4n) is 2.75. The number of carbonyl (C=O) groups is 1. The molecular formula is C18H22N2O3S. The number of benzene rings is 1. The predicted octanol–water partition coefficient (Wildman–Crippen LogP) is 2.45. The molecule has 1 atom stereocenters. The molecule has 24 heavy (non-hydrogen) atoms. The average molecular weight is 346 g/mol. The largest absolute Gasteiger partial charge is 0.492 e. The molecule has 128 valence electrons. The molecule has 0 fully saturated rings. The lowest BCUT2D eigenvalue weighted by Gasteiger charge is -2.20. The molecule has 2 heterocycles. The Balaban J connectivity index is 1.51. The minimum atomic E-state index is -0.0952. The van der Waals surface area contributed by atoms with Crippen LogP contribution >= 0.6 is 11.3 Å². The number of nitrogens with one attached hydrogen (secondary N) is 1. The molecule has 1 aliphatic heterocycles. The molecule has 1 unspecified atom stereocenters. The monoisotopic (exact) mass is 346 g/mol. The molecule has 2 aromatic rings. The number of nitrogens with zero attached hydrogens (tertiary/aromatic N) is 1. The molecule has 3 rings (SSSR count). The van der Waals surface area contributed by atoms with Gasteiger partial charge in [0, 0.05) is 37.2 Å². The molecular weight excluding hydrogens is 324 g/mol. The van der Waals surface area contributed by atoms with Gasteiger partial charge in [-0.3, -0.25) is 9.69 Å². The van der Waals surface area contributed by atoms with E-state index in [2.05, 4.69) is 10.2 Å². The second kappa shape index (κ2) is 8.28. The van der Waals surface area contributed by atoms with Crippen molar-refractivity contribution in [1.82, 2.24) is 10.2 Å². The van der Waals surface area contributed by atoms with Crippen LogP contribution in [0.4, 0.5) is 0 Å². The highest BCUT2D eigenvalue weighted by Crippen LogP contribution is 2.22. The van der Waals surface area contributed by atoms with E-state index in [1.54, 1.807) is 18.4 Å². The summed E-state index contributed by atoms with van der Waals surface area (Å²) >= 11 is 1.63. The quantitative estimate of drug-likeness (QED) is 0.873. The SMILES string of the molecule is COC(CNC(=O)CN1CCOc2ccccc2C1)c1cccs1. The molecule has 1 N–H and O–H groups in total. The number of fused-ring (bicyclic) bond motifs is 1. The first-order valence-electron chi connectivity index (χ1n) is 8.02. The lowest BCUT2D eigenvalue weighted by atomic mass is 10.2. The van der Waals surface area contributed by atoms with Crippen molar-refractivity contribution in [3.8, 4) is 5.75 Å². The molecule has 0 saturated carbocycles. The Labute approximate surface area is 146 Å². The third kappa shape index (κ3) is 4.35. The van der Waals surface area contributed by atoms with Gasteiger partial charge in [0.2, 0.25) is 5.91 Å². The fourth-order valence-corrected chi connectivity index (χ4v) is 3.56. The average Bonchev–Trinajstić information content (AvgIpc) is 3.03. The summed E-state index contributed by atoms with van der Waals surface area (Å²) in [5, 5.41) is 4.99. The van der Waals surface area contributed by atoms with E-state index in [9.17, 15) is 4.79 Å². The summed E-state index contributed by atoms with van der Waals surface area (Å²) < 4.78 is 11.2. The molecule has 0 radical (unpaired) electrons. The van der Waals surface area contributed by atoms with Crippen molar-refractivity contribution < 1.29 is 14.3 Å². The van der Waals surface area contributed by atoms with Gasteiger partial charge in [-0.15, -0.1) is 11.3 Å². The van der Waals surface area contributed by atoms with Crippen LogP contribution in [0.2, 0.25) is 0 Å². The minimum absolute atomic E-state index is 0.00740. The van der Waals surface area contributed by atoms with E-state index in [1.165, 1.54) is 0 Å². The van der Waals surface area contributed by atoms with Crippen molar-refractivity contribution in [3.63, 3.8) is 0 Å². The summed E-state index contributed by atoms with van der Waals surface area (Å²) in [5.41, 5.74) is 1.12. The first-order valence-corrected chi connectivity index (χ1v) is 8.90. The Bertz CT molecular complexity index is 660. The van der Waals surface area contributed by atoms with Crippen molar-refractivity contribution in [2.45, 2.75) is 12.6 Å². The maximum absolute atomic E-state index is 12.3. The number of hydrogen-bond donors (Lipinski definition) is 1. The van der Waals surface area contributed by atoms with Gasteiger partial charge in [0.05, 0.1) is 6.54 Å². The minimum Gasteiger partial charge on any atom is -0.492 e. The lowest BCUT2D eigenvalue weighted by Crippen LogP contribution is -2.39. The van der Waals surface area contributed by atoms with Crippen molar-refractivity contribution in [3.05, 3.63) is 52.2 Å². The van der Waals surface area contributed by atoms with Crippen LogP contribution in [-0.4, -0.2) is 44.2 Å². The smallest absolute Gasteiger partial charge is 0.234 e. The summed E-state index contributed by atoms with van der Waals surface area (Å²) in [5.74, 6) is 0.922. The van der Waals surface area contributed by atoms with Crippen LogP contribution in [0.25, 0.3) is 0 Å². The summed E-state index contributed by atoms with van der Waals surface area (Å²) in [6, 6.07) is 12.0. The van der Waals surface area contributed by atoms with Gasteiger partial charge in [0.25, 0.3) is 0 Å². The maximum Gasteiger partial charge on any atom is 0.234 e. The van der Waals surface area contributed by atoms with Gasteiger partial charge in [-0.05, 0) is 17.5 Å². The Morgan fingerprint density at radius 3 is 3.04 bits per heavy atom. The van der Waals surface area contributed by atoms with Gasteiger partial charge in [-0.25, -0.2) is 0 Å². The number of carbonyl (C=O) groups excluding carboxylic acids is 1. The molecule has 1 aliphatic rings. The van der Waals surface area contributed by atoms with Gasteiger partial charge in [0.15, 0.2) is 0 Å². The number of methoxy groups -OCH3 is 1. The van der Waals surface area contributed by atoms with Gasteiger partial charge in [-0.2, -0.15) is 0 Å². The van der Waals surface area contributed by atoms with E-state index in [1.807, 2.05) is 41.8 Å². The first kappa shape index (κ1) is 17.0. The molecule has 6 heteroatoms. The fraction of sp³-hybridized carbons (Fsp3) is 0.389. The molecule has 0 spiro atoms. The summed E-state index contributed by atoms with van der Waals surface area (Å²) in [7, 11) is 1.67. The zero-order chi connectivity index (χ0) is 16.8. The van der Waals surface area contributed by atoms with E-state index in [4.69, 9.17) is 9.47 Å². The van der Waals surface area contributed by atoms with Gasteiger partial charge >= 0.3 is 0 Å². The predicted molar refractivity (Wildman–Crippen MR) is 94.3 cm³/mol. The van der Waals surface area contributed by atoms with Crippen LogP contribution in [0.1, 0.15) is 16.5 Å². The van der Waals surface area contributed by atoms with E-state index < -0.39 is 0 Å². The molecule has 1 aromatic carbocycles. The maximum atomic E-state index is 12.3. The Morgan fingerprint density at radius 1 is 1.38 bits per heavy atom. The van der Waals surface area contributed by atoms with Crippen LogP contribution in [0.15, 0.2) is 41.8 Å². The normalized spacial score (nSPS) is 15.9. The summed E-state index contributed by atoms with van der Waals surface area (Å²) in [4.78, 5) is 15.5. The molecule has 1 aromatic heterocycles. The number of hydrogen-bond acceptors (Lipinski definition) is 5. The Hall–Kier alpha value is -1.89. The highest BCUT2D eigenvalue weighted by Gasteiger charge is 2.18. The second-order valence-corrected chi connectivity index (χ2v) is 6.69. The van der Waals surface area contributed by atoms with Crippen molar-refractivity contribution in [1.29, 1.82) is 0 Å². The summed E-state index contributed by atoms with van der Waals surface area (Å²) in [6.07, 6.45) is -0.0952. The zero-order valence-corrected chi connectivity index (χ0v) is 14.6. The van der Waals surface area contributed by atoms with Crippen LogP contribution in [-0.2, 0) is 16.1 Å². The topological polar surface area (TPSA) is 50.8 Å². The van der Waals surface area contributed by atoms with Gasteiger partial charge in [-0.1, -0.05) is 24.3 Å². The Morgan fingerprint density at radius 2 is 2.25 bits per heavy atom. The van der Waals surface area contributed by atoms with E-state index in [0.29, 0.717) is 19.7 Å². The second-order valence-electron chi connectivity index (χ2n) is 5.71. The van der Waals surface area contributed by atoms with Crippen molar-refractivity contribution in [2.75, 3.05) is 33.4 Å². The molecule has 0 saturated heterocycles. The number of thiophene rings is 1. The van der Waals surface area contributed by atoms with Crippen LogP contribution < -0.4 is 10.1 Å². The molecule has 0 aliphatic carbocycles. The highest BCUT2D eigenvalue weighted by molar-refractivity contribution is 7.10. The number of ether oxygens (including phenoxy) is 2. The van der Waals surface area contributed by atoms with E-state index in [0.717, 1.165) is 29.3 Å². The van der Waals surface area contributed by atoms with Gasteiger partial charge in [0.1, 0.15) is 18.5 Å². The van der Waals surface area contributed by atoms with Crippen molar-refractivity contribution in [2.24, 2.45) is 0 Å².